The minimum Gasteiger partial charge on any atom is -0.461 e. The number of hydrogen-bond acceptors (Lipinski definition) is 3. The second-order valence-electron chi connectivity index (χ2n) is 5.79. The van der Waals surface area contributed by atoms with E-state index in [1.54, 1.807) is 0 Å². The predicted molar refractivity (Wildman–Crippen MR) is 81.8 cm³/mol. The van der Waals surface area contributed by atoms with Crippen LogP contribution in [0.5, 0.6) is 0 Å². The third-order valence-electron chi connectivity index (χ3n) is 4.23. The molecule has 0 radical (unpaired) electrons. The van der Waals surface area contributed by atoms with Crippen molar-refractivity contribution in [2.75, 3.05) is 6.61 Å². The molecule has 0 aromatic heterocycles. The van der Waals surface area contributed by atoms with Crippen molar-refractivity contribution in [1.82, 2.24) is 0 Å². The summed E-state index contributed by atoms with van der Waals surface area (Å²) >= 11 is 0. The molecule has 1 aliphatic carbocycles. The van der Waals surface area contributed by atoms with Crippen LogP contribution in [-0.4, -0.2) is 18.4 Å². The molecule has 21 heavy (non-hydrogen) atoms. The number of Topliss-reactive ketones (excluding diaryl/α,β-unsaturated/α-hetero) is 1. The van der Waals surface area contributed by atoms with Gasteiger partial charge in [0.05, 0.1) is 0 Å². The highest BCUT2D eigenvalue weighted by Crippen LogP contribution is 2.40. The Kier molecular flexibility index (Phi) is 4.94. The summed E-state index contributed by atoms with van der Waals surface area (Å²) in [4.78, 5) is 25.3. The average molecular weight is 286 g/mol. The molecular weight excluding hydrogens is 264 g/mol. The smallest absolute Gasteiger partial charge is 0.320 e. The molecule has 1 aliphatic rings. The highest BCUT2D eigenvalue weighted by Gasteiger charge is 2.50. The number of benzene rings is 1. The molecule has 112 valence electrons. The number of hydrogen-bond donors (Lipinski definition) is 0. The van der Waals surface area contributed by atoms with Gasteiger partial charge in [-0.2, -0.15) is 0 Å². The van der Waals surface area contributed by atoms with Crippen LogP contribution in [0.3, 0.4) is 0 Å². The lowest BCUT2D eigenvalue weighted by atomic mass is 9.66. The fourth-order valence-electron chi connectivity index (χ4n) is 3.10. The zero-order valence-corrected chi connectivity index (χ0v) is 12.5. The molecule has 2 atom stereocenters. The van der Waals surface area contributed by atoms with Crippen molar-refractivity contribution in [1.29, 1.82) is 0 Å². The summed E-state index contributed by atoms with van der Waals surface area (Å²) in [5.41, 5.74) is -0.0299. The van der Waals surface area contributed by atoms with E-state index in [9.17, 15) is 9.59 Å². The molecule has 3 heteroatoms. The second kappa shape index (κ2) is 6.70. The maximum atomic E-state index is 12.7. The monoisotopic (exact) mass is 286 g/mol. The fourth-order valence-corrected chi connectivity index (χ4v) is 3.10. The number of carbonyl (C=O) groups is 2. The molecule has 0 bridgehead atoms. The van der Waals surface area contributed by atoms with Gasteiger partial charge in [0, 0.05) is 5.92 Å². The Hall–Kier alpha value is -1.90. The lowest BCUT2D eigenvalue weighted by molar-refractivity contribution is -0.163. The maximum Gasteiger partial charge on any atom is 0.320 e. The Labute approximate surface area is 126 Å². The largest absolute Gasteiger partial charge is 0.461 e. The van der Waals surface area contributed by atoms with Gasteiger partial charge < -0.3 is 4.74 Å². The summed E-state index contributed by atoms with van der Waals surface area (Å²) in [6.07, 6.45) is 4.26. The molecule has 0 spiro atoms. The van der Waals surface area contributed by atoms with Crippen LogP contribution in [0.1, 0.15) is 31.7 Å². The van der Waals surface area contributed by atoms with Crippen molar-refractivity contribution < 1.29 is 14.3 Å². The first-order valence-corrected chi connectivity index (χ1v) is 7.46. The summed E-state index contributed by atoms with van der Waals surface area (Å²) in [5, 5.41) is 0. The number of rotatable bonds is 5. The molecule has 1 fully saturated rings. The molecule has 0 heterocycles. The van der Waals surface area contributed by atoms with Crippen molar-refractivity contribution >= 4 is 11.8 Å². The Morgan fingerprint density at radius 2 is 2.14 bits per heavy atom. The van der Waals surface area contributed by atoms with Crippen LogP contribution in [-0.2, 0) is 20.7 Å². The van der Waals surface area contributed by atoms with Crippen molar-refractivity contribution in [2.24, 2.45) is 11.3 Å². The van der Waals surface area contributed by atoms with Gasteiger partial charge in [0.25, 0.3) is 0 Å². The molecule has 2 unspecified atom stereocenters. The van der Waals surface area contributed by atoms with Crippen LogP contribution < -0.4 is 0 Å². The van der Waals surface area contributed by atoms with E-state index in [4.69, 9.17) is 4.74 Å². The van der Waals surface area contributed by atoms with E-state index in [1.807, 2.05) is 37.3 Å². The number of ketones is 1. The van der Waals surface area contributed by atoms with Gasteiger partial charge in [-0.15, -0.1) is 0 Å². The van der Waals surface area contributed by atoms with Gasteiger partial charge in [-0.25, -0.2) is 0 Å². The number of esters is 1. The normalized spacial score (nSPS) is 25.4. The van der Waals surface area contributed by atoms with Crippen molar-refractivity contribution in [2.45, 2.75) is 32.6 Å². The van der Waals surface area contributed by atoms with Gasteiger partial charge >= 0.3 is 5.97 Å². The summed E-state index contributed by atoms with van der Waals surface area (Å²) in [6, 6.07) is 9.69. The lowest BCUT2D eigenvalue weighted by Crippen LogP contribution is -2.47. The van der Waals surface area contributed by atoms with Crippen LogP contribution in [0.2, 0.25) is 0 Å². The minimum atomic E-state index is -1.03. The van der Waals surface area contributed by atoms with Crippen molar-refractivity contribution in [3.63, 3.8) is 0 Å². The van der Waals surface area contributed by atoms with E-state index >= 15 is 0 Å². The van der Waals surface area contributed by atoms with E-state index in [1.165, 1.54) is 6.08 Å². The maximum absolute atomic E-state index is 12.7. The van der Waals surface area contributed by atoms with E-state index in [0.717, 1.165) is 18.4 Å². The molecule has 0 aliphatic heterocycles. The second-order valence-corrected chi connectivity index (χ2v) is 5.79. The highest BCUT2D eigenvalue weighted by molar-refractivity contribution is 6.05. The minimum absolute atomic E-state index is 0.0201. The van der Waals surface area contributed by atoms with Crippen LogP contribution in [0.15, 0.2) is 43.0 Å². The summed E-state index contributed by atoms with van der Waals surface area (Å²) in [6.45, 7) is 5.61. The van der Waals surface area contributed by atoms with Gasteiger partial charge in [0.15, 0.2) is 5.78 Å². The summed E-state index contributed by atoms with van der Waals surface area (Å²) in [5.74, 6) is -0.465. The third kappa shape index (κ3) is 3.23. The van der Waals surface area contributed by atoms with Gasteiger partial charge in [0.1, 0.15) is 12.0 Å². The zero-order chi connectivity index (χ0) is 15.3. The summed E-state index contributed by atoms with van der Waals surface area (Å²) < 4.78 is 5.25. The van der Waals surface area contributed by atoms with Crippen molar-refractivity contribution in [3.8, 4) is 0 Å². The molecular formula is C18H22O3. The first-order chi connectivity index (χ1) is 10.1. The molecule has 1 aromatic carbocycles. The molecule has 1 saturated carbocycles. The van der Waals surface area contributed by atoms with Gasteiger partial charge in [-0.3, -0.25) is 9.59 Å². The predicted octanol–water partition coefficient (Wildman–Crippen LogP) is 3.33. The summed E-state index contributed by atoms with van der Waals surface area (Å²) in [7, 11) is 0. The van der Waals surface area contributed by atoms with Gasteiger partial charge in [0.2, 0.25) is 0 Å². The molecule has 0 saturated heterocycles. The molecule has 0 N–H and O–H groups in total. The highest BCUT2D eigenvalue weighted by atomic mass is 16.5. The quantitative estimate of drug-likeness (QED) is 0.474. The molecule has 0 amide bonds. The van der Waals surface area contributed by atoms with Crippen LogP contribution in [0.4, 0.5) is 0 Å². The van der Waals surface area contributed by atoms with Crippen LogP contribution in [0, 0.1) is 11.3 Å². The Morgan fingerprint density at radius 3 is 2.81 bits per heavy atom. The number of carbonyl (C=O) groups excluding carboxylic acids is 2. The van der Waals surface area contributed by atoms with Crippen molar-refractivity contribution in [3.05, 3.63) is 48.6 Å². The average Bonchev–Trinajstić information content (AvgIpc) is 2.50. The van der Waals surface area contributed by atoms with Gasteiger partial charge in [-0.1, -0.05) is 56.3 Å². The first-order valence-electron chi connectivity index (χ1n) is 7.46. The fraction of sp³-hybridized carbons (Fsp3) is 0.444. The van der Waals surface area contributed by atoms with Gasteiger partial charge in [-0.05, 0) is 24.8 Å². The third-order valence-corrected chi connectivity index (χ3v) is 4.23. The van der Waals surface area contributed by atoms with E-state index in [-0.39, 0.29) is 18.3 Å². The Morgan fingerprint density at radius 1 is 1.43 bits per heavy atom. The van der Waals surface area contributed by atoms with E-state index in [0.29, 0.717) is 12.8 Å². The first kappa shape index (κ1) is 15.5. The van der Waals surface area contributed by atoms with E-state index < -0.39 is 11.4 Å². The van der Waals surface area contributed by atoms with Crippen LogP contribution >= 0.6 is 0 Å². The SMILES string of the molecule is C=CCOC(=O)C1(Cc2ccccc2)CCCC(C)C1=O. The molecule has 1 aromatic rings. The van der Waals surface area contributed by atoms with E-state index in [2.05, 4.69) is 6.58 Å². The lowest BCUT2D eigenvalue weighted by Gasteiger charge is -2.36. The topological polar surface area (TPSA) is 43.4 Å². The Bertz CT molecular complexity index is 521. The number of ether oxygens (including phenoxy) is 1. The standard InChI is InChI=1S/C18H22O3/c1-3-12-21-17(20)18(11-7-8-14(2)16(18)19)13-15-9-5-4-6-10-15/h3-6,9-10,14H,1,7-8,11-13H2,2H3. The Balaban J connectivity index is 2.31. The molecule has 3 nitrogen and oxygen atoms in total. The van der Waals surface area contributed by atoms with Crippen LogP contribution in [0.25, 0.3) is 0 Å². The zero-order valence-electron chi connectivity index (χ0n) is 12.5. The molecule has 2 rings (SSSR count).